The van der Waals surface area contributed by atoms with E-state index in [4.69, 9.17) is 11.0 Å². The number of nitrogens with two attached hydrogens (primary N) is 1. The second-order valence-electron chi connectivity index (χ2n) is 2.83. The fraction of sp³-hybridized carbons (Fsp3) is 0.333. The number of rotatable bonds is 3. The van der Waals surface area contributed by atoms with Crippen LogP contribution in [0.3, 0.4) is 0 Å². The van der Waals surface area contributed by atoms with Gasteiger partial charge in [-0.05, 0) is 6.07 Å². The van der Waals surface area contributed by atoms with E-state index in [2.05, 4.69) is 20.9 Å². The molecule has 0 aliphatic heterocycles. The summed E-state index contributed by atoms with van der Waals surface area (Å²) in [6, 6.07) is 3.01. The molecule has 1 heterocycles. The standard InChI is InChI=1S/C9H8BrF2N3/c10-4-5-6(14)3-8(9(11)12)15-7(5)1-2-13/h3,9H,1,4H2,(H2,14,15). The summed E-state index contributed by atoms with van der Waals surface area (Å²) in [5.41, 5.74) is 6.35. The van der Waals surface area contributed by atoms with Crippen molar-refractivity contribution < 1.29 is 8.78 Å². The Bertz CT molecular complexity index is 401. The Morgan fingerprint density at radius 3 is 2.73 bits per heavy atom. The van der Waals surface area contributed by atoms with Gasteiger partial charge in [0.1, 0.15) is 5.69 Å². The maximum atomic E-state index is 12.4. The maximum Gasteiger partial charge on any atom is 0.280 e. The number of nitrogens with zero attached hydrogens (tertiary/aromatic N) is 2. The molecule has 80 valence electrons. The number of anilines is 1. The Balaban J connectivity index is 3.26. The van der Waals surface area contributed by atoms with Gasteiger partial charge in [-0.2, -0.15) is 5.26 Å². The van der Waals surface area contributed by atoms with Crippen molar-refractivity contribution in [3.8, 4) is 6.07 Å². The average Bonchev–Trinajstić information content (AvgIpc) is 2.17. The van der Waals surface area contributed by atoms with Gasteiger partial charge in [0.2, 0.25) is 0 Å². The van der Waals surface area contributed by atoms with E-state index in [1.165, 1.54) is 0 Å². The van der Waals surface area contributed by atoms with Gasteiger partial charge >= 0.3 is 0 Å². The first-order chi connectivity index (χ1) is 7.10. The van der Waals surface area contributed by atoms with Crippen LogP contribution in [0.25, 0.3) is 0 Å². The largest absolute Gasteiger partial charge is 0.398 e. The van der Waals surface area contributed by atoms with Crippen LogP contribution in [-0.2, 0) is 11.8 Å². The van der Waals surface area contributed by atoms with Gasteiger partial charge in [-0.3, -0.25) is 4.98 Å². The molecule has 0 saturated carbocycles. The van der Waals surface area contributed by atoms with E-state index >= 15 is 0 Å². The third kappa shape index (κ3) is 2.63. The predicted molar refractivity (Wildman–Crippen MR) is 55.6 cm³/mol. The molecule has 0 saturated heterocycles. The highest BCUT2D eigenvalue weighted by atomic mass is 79.9. The van der Waals surface area contributed by atoms with E-state index < -0.39 is 6.43 Å². The lowest BCUT2D eigenvalue weighted by Gasteiger charge is -2.09. The molecular formula is C9H8BrF2N3. The minimum absolute atomic E-state index is 0.0221. The summed E-state index contributed by atoms with van der Waals surface area (Å²) in [6.07, 6.45) is -2.69. The van der Waals surface area contributed by atoms with Crippen LogP contribution in [-0.4, -0.2) is 4.98 Å². The Hall–Kier alpha value is -1.22. The predicted octanol–water partition coefficient (Wildman–Crippen LogP) is 2.56. The quantitative estimate of drug-likeness (QED) is 0.863. The van der Waals surface area contributed by atoms with Crippen LogP contribution < -0.4 is 5.73 Å². The van der Waals surface area contributed by atoms with Gasteiger partial charge in [-0.15, -0.1) is 0 Å². The van der Waals surface area contributed by atoms with Gasteiger partial charge in [0, 0.05) is 16.6 Å². The minimum Gasteiger partial charge on any atom is -0.398 e. The van der Waals surface area contributed by atoms with E-state index in [9.17, 15) is 8.78 Å². The third-order valence-corrected chi connectivity index (χ3v) is 2.43. The Morgan fingerprint density at radius 1 is 1.60 bits per heavy atom. The first kappa shape index (κ1) is 11.9. The number of aromatic nitrogens is 1. The first-order valence-corrected chi connectivity index (χ1v) is 5.21. The topological polar surface area (TPSA) is 62.7 Å². The number of nitriles is 1. The van der Waals surface area contributed by atoms with Crippen LogP contribution in [0.1, 0.15) is 23.4 Å². The fourth-order valence-corrected chi connectivity index (χ4v) is 1.80. The second kappa shape index (κ2) is 5.03. The lowest BCUT2D eigenvalue weighted by atomic mass is 10.1. The van der Waals surface area contributed by atoms with Gasteiger partial charge in [-0.1, -0.05) is 15.9 Å². The van der Waals surface area contributed by atoms with Crippen LogP contribution >= 0.6 is 15.9 Å². The highest BCUT2D eigenvalue weighted by Gasteiger charge is 2.15. The minimum atomic E-state index is -2.67. The zero-order valence-electron chi connectivity index (χ0n) is 7.67. The number of pyridine rings is 1. The third-order valence-electron chi connectivity index (χ3n) is 1.87. The lowest BCUT2D eigenvalue weighted by Crippen LogP contribution is -2.04. The van der Waals surface area contributed by atoms with Gasteiger partial charge < -0.3 is 5.73 Å². The Kier molecular flexibility index (Phi) is 3.97. The van der Waals surface area contributed by atoms with E-state index in [1.54, 1.807) is 0 Å². The molecule has 1 rings (SSSR count). The van der Waals surface area contributed by atoms with Gasteiger partial charge in [0.15, 0.2) is 0 Å². The molecule has 0 aromatic carbocycles. The molecule has 0 fully saturated rings. The first-order valence-electron chi connectivity index (χ1n) is 4.09. The molecule has 6 heteroatoms. The number of alkyl halides is 3. The highest BCUT2D eigenvalue weighted by Crippen LogP contribution is 2.25. The smallest absolute Gasteiger partial charge is 0.280 e. The molecule has 1 aromatic heterocycles. The van der Waals surface area contributed by atoms with Crippen molar-refractivity contribution in [3.05, 3.63) is 23.0 Å². The SMILES string of the molecule is N#CCc1nc(C(F)F)cc(N)c1CBr. The van der Waals surface area contributed by atoms with Crippen molar-refractivity contribution in [2.75, 3.05) is 5.73 Å². The molecule has 0 aliphatic rings. The highest BCUT2D eigenvalue weighted by molar-refractivity contribution is 9.08. The van der Waals surface area contributed by atoms with Crippen molar-refractivity contribution >= 4 is 21.6 Å². The summed E-state index contributed by atoms with van der Waals surface area (Å²) in [6.45, 7) is 0. The summed E-state index contributed by atoms with van der Waals surface area (Å²) < 4.78 is 24.8. The van der Waals surface area contributed by atoms with E-state index in [0.29, 0.717) is 16.6 Å². The summed E-state index contributed by atoms with van der Waals surface area (Å²) in [4.78, 5) is 3.71. The van der Waals surface area contributed by atoms with Gasteiger partial charge in [0.05, 0.1) is 18.2 Å². The van der Waals surface area contributed by atoms with Crippen molar-refractivity contribution in [2.24, 2.45) is 0 Å². The van der Waals surface area contributed by atoms with Crippen molar-refractivity contribution in [1.29, 1.82) is 5.26 Å². The molecule has 1 aromatic rings. The number of hydrogen-bond donors (Lipinski definition) is 1. The zero-order chi connectivity index (χ0) is 11.4. The molecule has 0 spiro atoms. The molecule has 0 radical (unpaired) electrons. The molecule has 0 amide bonds. The Labute approximate surface area is 94.0 Å². The van der Waals surface area contributed by atoms with Gasteiger partial charge in [0.25, 0.3) is 6.43 Å². The number of halogens is 3. The molecule has 0 unspecified atom stereocenters. The fourth-order valence-electron chi connectivity index (χ4n) is 1.16. The average molecular weight is 276 g/mol. The van der Waals surface area contributed by atoms with Gasteiger partial charge in [-0.25, -0.2) is 8.78 Å². The van der Waals surface area contributed by atoms with E-state index in [1.807, 2.05) is 6.07 Å². The van der Waals surface area contributed by atoms with Crippen LogP contribution in [0.15, 0.2) is 6.07 Å². The van der Waals surface area contributed by atoms with Crippen molar-refractivity contribution in [3.63, 3.8) is 0 Å². The molecular weight excluding hydrogens is 268 g/mol. The molecule has 0 aliphatic carbocycles. The monoisotopic (exact) mass is 275 g/mol. The van der Waals surface area contributed by atoms with E-state index in [-0.39, 0.29) is 17.8 Å². The van der Waals surface area contributed by atoms with Crippen LogP contribution in [0.2, 0.25) is 0 Å². The number of nitrogen functional groups attached to an aromatic ring is 1. The lowest BCUT2D eigenvalue weighted by molar-refractivity contribution is 0.146. The normalized spacial score (nSPS) is 10.3. The molecule has 0 atom stereocenters. The molecule has 0 bridgehead atoms. The zero-order valence-corrected chi connectivity index (χ0v) is 9.26. The summed E-state index contributed by atoms with van der Waals surface area (Å²) >= 11 is 3.17. The Morgan fingerprint density at radius 2 is 2.27 bits per heavy atom. The van der Waals surface area contributed by atoms with Crippen molar-refractivity contribution in [1.82, 2.24) is 4.98 Å². The van der Waals surface area contributed by atoms with Crippen LogP contribution in [0.4, 0.5) is 14.5 Å². The molecule has 3 nitrogen and oxygen atoms in total. The molecule has 15 heavy (non-hydrogen) atoms. The van der Waals surface area contributed by atoms with E-state index in [0.717, 1.165) is 6.07 Å². The summed E-state index contributed by atoms with van der Waals surface area (Å²) in [7, 11) is 0. The summed E-state index contributed by atoms with van der Waals surface area (Å²) in [5.74, 6) is 0. The second-order valence-corrected chi connectivity index (χ2v) is 3.39. The maximum absolute atomic E-state index is 12.4. The summed E-state index contributed by atoms with van der Waals surface area (Å²) in [5, 5.41) is 8.92. The van der Waals surface area contributed by atoms with Crippen molar-refractivity contribution in [2.45, 2.75) is 18.2 Å². The molecule has 2 N–H and O–H groups in total. The van der Waals surface area contributed by atoms with Crippen LogP contribution in [0, 0.1) is 11.3 Å². The van der Waals surface area contributed by atoms with Crippen LogP contribution in [0.5, 0.6) is 0 Å². The number of hydrogen-bond acceptors (Lipinski definition) is 3.